The summed E-state index contributed by atoms with van der Waals surface area (Å²) in [4.78, 5) is 24.3. The average molecular weight is 591 g/mol. The largest absolute Gasteiger partial charge is 0.466 e. The summed E-state index contributed by atoms with van der Waals surface area (Å²) in [6, 6.07) is 0. The van der Waals surface area contributed by atoms with Crippen molar-refractivity contribution in [2.75, 3.05) is 13.2 Å². The van der Waals surface area contributed by atoms with Crippen LogP contribution >= 0.6 is 0 Å². The van der Waals surface area contributed by atoms with E-state index >= 15 is 0 Å². The van der Waals surface area contributed by atoms with Gasteiger partial charge in [-0.05, 0) is 12.8 Å². The molecule has 1 N–H and O–H groups in total. The third-order valence-electron chi connectivity index (χ3n) is 7.48. The number of unbranched alkanes of at least 4 members (excludes halogenated alkanes) is 22. The van der Waals surface area contributed by atoms with Crippen molar-refractivity contribution in [3.8, 4) is 0 Å². The predicted octanol–water partition coefficient (Wildman–Crippen LogP) is 9.12. The van der Waals surface area contributed by atoms with Crippen LogP contribution in [0.1, 0.15) is 174 Å². The Bertz CT molecular complexity index is 693. The third-order valence-corrected chi connectivity index (χ3v) is 8.56. The van der Waals surface area contributed by atoms with E-state index in [0.29, 0.717) is 12.8 Å². The smallest absolute Gasteiger partial charge is 0.327 e. The molecular formula is C32H62O7S. The third kappa shape index (κ3) is 25.8. The van der Waals surface area contributed by atoms with Crippen molar-refractivity contribution < 1.29 is 32.0 Å². The lowest BCUT2D eigenvalue weighted by Gasteiger charge is -2.13. The molecule has 1 atom stereocenters. The first kappa shape index (κ1) is 38.9. The Morgan fingerprint density at radius 2 is 0.825 bits per heavy atom. The zero-order valence-corrected chi connectivity index (χ0v) is 26.8. The van der Waals surface area contributed by atoms with Gasteiger partial charge < -0.3 is 9.47 Å². The van der Waals surface area contributed by atoms with Crippen LogP contribution in [0, 0.1) is 0 Å². The molecule has 0 saturated heterocycles. The van der Waals surface area contributed by atoms with E-state index in [1.54, 1.807) is 0 Å². The molecule has 238 valence electrons. The quantitative estimate of drug-likeness (QED) is 0.0505. The van der Waals surface area contributed by atoms with Crippen molar-refractivity contribution >= 4 is 22.1 Å². The van der Waals surface area contributed by atoms with Gasteiger partial charge >= 0.3 is 11.9 Å². The molecule has 0 aromatic rings. The number of rotatable bonds is 30. The first-order chi connectivity index (χ1) is 19.3. The number of hydrogen-bond donors (Lipinski definition) is 1. The molecule has 0 aliphatic carbocycles. The lowest BCUT2D eigenvalue weighted by atomic mass is 10.1. The Hall–Kier alpha value is -1.15. The number of hydrogen-bond acceptors (Lipinski definition) is 6. The van der Waals surface area contributed by atoms with Gasteiger partial charge in [-0.15, -0.1) is 0 Å². The number of ether oxygens (including phenoxy) is 2. The van der Waals surface area contributed by atoms with E-state index in [-0.39, 0.29) is 13.2 Å². The van der Waals surface area contributed by atoms with E-state index in [9.17, 15) is 22.6 Å². The summed E-state index contributed by atoms with van der Waals surface area (Å²) in [6.07, 6.45) is 27.6. The normalized spacial score (nSPS) is 12.4. The van der Waals surface area contributed by atoms with Crippen LogP contribution in [-0.2, 0) is 29.2 Å². The van der Waals surface area contributed by atoms with Gasteiger partial charge in [-0.25, -0.2) is 0 Å². The SMILES string of the molecule is CCCCCCCCCCCCCCOC(=O)CC(C(=O)OCCCCCCCCCCCCCC)S(=O)(=O)O. The molecule has 40 heavy (non-hydrogen) atoms. The lowest BCUT2D eigenvalue weighted by Crippen LogP contribution is -2.34. The molecule has 0 fully saturated rings. The Morgan fingerprint density at radius 1 is 0.525 bits per heavy atom. The van der Waals surface area contributed by atoms with Gasteiger partial charge in [-0.1, -0.05) is 155 Å². The number of carbonyl (C=O) groups is 2. The standard InChI is InChI=1S/C32H62O7S/c1-3-5-7-9-11-13-15-17-19-21-23-25-27-38-31(33)29-30(40(35,36)37)32(34)39-28-26-24-22-20-18-16-14-12-10-8-6-4-2/h30H,3-29H2,1-2H3,(H,35,36,37). The van der Waals surface area contributed by atoms with Gasteiger partial charge in [0.05, 0.1) is 19.6 Å². The average Bonchev–Trinajstić information content (AvgIpc) is 2.91. The molecule has 0 amide bonds. The molecule has 0 aromatic carbocycles. The highest BCUT2D eigenvalue weighted by Crippen LogP contribution is 2.14. The molecule has 0 spiro atoms. The molecule has 0 radical (unpaired) electrons. The van der Waals surface area contributed by atoms with E-state index < -0.39 is 33.7 Å². The second-order valence-corrected chi connectivity index (χ2v) is 13.0. The van der Waals surface area contributed by atoms with Gasteiger partial charge in [-0.2, -0.15) is 8.42 Å². The van der Waals surface area contributed by atoms with Crippen molar-refractivity contribution in [1.29, 1.82) is 0 Å². The molecule has 0 rings (SSSR count). The summed E-state index contributed by atoms with van der Waals surface area (Å²) in [5.41, 5.74) is 0. The fourth-order valence-electron chi connectivity index (χ4n) is 4.86. The molecule has 0 bridgehead atoms. The molecule has 1 unspecified atom stereocenters. The topological polar surface area (TPSA) is 107 Å². The fraction of sp³-hybridized carbons (Fsp3) is 0.938. The lowest BCUT2D eigenvalue weighted by molar-refractivity contribution is -0.150. The maximum atomic E-state index is 12.2. The molecule has 0 aliphatic rings. The Labute approximate surface area is 246 Å². The Morgan fingerprint density at radius 3 is 1.15 bits per heavy atom. The molecular weight excluding hydrogens is 528 g/mol. The van der Waals surface area contributed by atoms with Crippen LogP contribution in [0.4, 0.5) is 0 Å². The molecule has 0 aromatic heterocycles. The van der Waals surface area contributed by atoms with Gasteiger partial charge in [0.1, 0.15) is 0 Å². The van der Waals surface area contributed by atoms with Crippen LogP contribution in [-0.4, -0.2) is 43.4 Å². The fourth-order valence-corrected chi connectivity index (χ4v) is 5.52. The van der Waals surface area contributed by atoms with Crippen molar-refractivity contribution in [3.63, 3.8) is 0 Å². The van der Waals surface area contributed by atoms with Crippen molar-refractivity contribution in [2.24, 2.45) is 0 Å². The van der Waals surface area contributed by atoms with Gasteiger partial charge in [0.2, 0.25) is 0 Å². The van der Waals surface area contributed by atoms with Gasteiger partial charge in [0.15, 0.2) is 5.25 Å². The Kier molecular flexibility index (Phi) is 27.2. The highest BCUT2D eigenvalue weighted by atomic mass is 32.2. The van der Waals surface area contributed by atoms with E-state index in [1.807, 2.05) is 0 Å². The molecule has 0 heterocycles. The minimum atomic E-state index is -4.76. The first-order valence-corrected chi connectivity index (χ1v) is 18.1. The van der Waals surface area contributed by atoms with Crippen LogP contribution in [0.2, 0.25) is 0 Å². The maximum absolute atomic E-state index is 12.2. The van der Waals surface area contributed by atoms with Crippen LogP contribution in [0.25, 0.3) is 0 Å². The van der Waals surface area contributed by atoms with Crippen LogP contribution < -0.4 is 0 Å². The zero-order valence-electron chi connectivity index (χ0n) is 26.0. The van der Waals surface area contributed by atoms with Gasteiger partial charge in [0, 0.05) is 0 Å². The van der Waals surface area contributed by atoms with Crippen LogP contribution in [0.5, 0.6) is 0 Å². The maximum Gasteiger partial charge on any atom is 0.327 e. The second kappa shape index (κ2) is 28.0. The first-order valence-electron chi connectivity index (χ1n) is 16.6. The van der Waals surface area contributed by atoms with Crippen LogP contribution in [0.15, 0.2) is 0 Å². The van der Waals surface area contributed by atoms with E-state index in [4.69, 9.17) is 9.47 Å². The monoisotopic (exact) mass is 590 g/mol. The van der Waals surface area contributed by atoms with E-state index in [1.165, 1.54) is 109 Å². The van der Waals surface area contributed by atoms with E-state index in [2.05, 4.69) is 13.8 Å². The highest BCUT2D eigenvalue weighted by Gasteiger charge is 2.35. The number of esters is 2. The summed E-state index contributed by atoms with van der Waals surface area (Å²) in [6.45, 7) is 4.72. The van der Waals surface area contributed by atoms with Crippen molar-refractivity contribution in [2.45, 2.75) is 180 Å². The zero-order chi connectivity index (χ0) is 29.7. The second-order valence-electron chi connectivity index (χ2n) is 11.4. The van der Waals surface area contributed by atoms with E-state index in [0.717, 1.165) is 32.1 Å². The summed E-state index contributed by atoms with van der Waals surface area (Å²) in [5, 5.41) is -1.93. The van der Waals surface area contributed by atoms with Gasteiger partial charge in [0.25, 0.3) is 10.1 Å². The highest BCUT2D eigenvalue weighted by molar-refractivity contribution is 7.87. The van der Waals surface area contributed by atoms with Crippen molar-refractivity contribution in [1.82, 2.24) is 0 Å². The minimum Gasteiger partial charge on any atom is -0.466 e. The minimum absolute atomic E-state index is 0.0796. The summed E-state index contributed by atoms with van der Waals surface area (Å²) < 4.78 is 43.0. The molecule has 8 heteroatoms. The molecule has 0 saturated carbocycles. The molecule has 7 nitrogen and oxygen atoms in total. The van der Waals surface area contributed by atoms with Gasteiger partial charge in [-0.3, -0.25) is 14.1 Å². The predicted molar refractivity (Wildman–Crippen MR) is 164 cm³/mol. The summed E-state index contributed by atoms with van der Waals surface area (Å²) in [5.74, 6) is -1.90. The van der Waals surface area contributed by atoms with Crippen molar-refractivity contribution in [3.05, 3.63) is 0 Å². The van der Waals surface area contributed by atoms with Crippen LogP contribution in [0.3, 0.4) is 0 Å². The Balaban J connectivity index is 3.84. The summed E-state index contributed by atoms with van der Waals surface area (Å²) >= 11 is 0. The summed E-state index contributed by atoms with van der Waals surface area (Å²) in [7, 11) is -4.76. The number of carbonyl (C=O) groups excluding carboxylic acids is 2. The molecule has 0 aliphatic heterocycles.